The highest BCUT2D eigenvalue weighted by atomic mass is 19.4. The first-order chi connectivity index (χ1) is 19.3. The van der Waals surface area contributed by atoms with Crippen molar-refractivity contribution in [3.8, 4) is 29.8 Å². The fourth-order valence-electron chi connectivity index (χ4n) is 6.08. The summed E-state index contributed by atoms with van der Waals surface area (Å²) in [5.74, 6) is 10.5. The minimum absolute atomic E-state index is 0.0478. The van der Waals surface area contributed by atoms with Gasteiger partial charge in [0.1, 0.15) is 0 Å². The normalized spacial score (nSPS) is 30.5. The molecule has 0 N–H and O–H groups in total. The Morgan fingerprint density at radius 3 is 1.95 bits per heavy atom. The first kappa shape index (κ1) is 32.1. The van der Waals surface area contributed by atoms with Crippen LogP contribution in [0.1, 0.15) is 96.3 Å². The Balaban J connectivity index is 1.35. The summed E-state index contributed by atoms with van der Waals surface area (Å²) in [5.41, 5.74) is 0. The third kappa shape index (κ3) is 11.2. The number of rotatable bonds is 9. The molecule has 3 rings (SSSR count). The van der Waals surface area contributed by atoms with E-state index in [1.807, 2.05) is 0 Å². The Labute approximate surface area is 238 Å². The van der Waals surface area contributed by atoms with Crippen LogP contribution in [0.15, 0.2) is 12.7 Å². The fourth-order valence-corrected chi connectivity index (χ4v) is 6.08. The summed E-state index contributed by atoms with van der Waals surface area (Å²) >= 11 is 0. The Bertz CT molecular complexity index is 963. The van der Waals surface area contributed by atoms with Crippen LogP contribution in [0.25, 0.3) is 0 Å². The zero-order valence-electron chi connectivity index (χ0n) is 23.7. The molecule has 0 aromatic carbocycles. The smallest absolute Gasteiger partial charge is 0.393 e. The maximum Gasteiger partial charge on any atom is 0.393 e. The van der Waals surface area contributed by atoms with Crippen LogP contribution in [0.5, 0.6) is 0 Å². The van der Waals surface area contributed by atoms with E-state index in [0.717, 1.165) is 83.7 Å². The molecule has 3 unspecified atom stereocenters. The van der Waals surface area contributed by atoms with E-state index in [0.29, 0.717) is 19.4 Å². The largest absolute Gasteiger partial charge is 0.463 e. The van der Waals surface area contributed by atoms with Crippen LogP contribution < -0.4 is 0 Å². The molecule has 3 saturated carbocycles. The number of unbranched alkanes of at least 4 members (excludes halogenated alkanes) is 3. The third-order valence-corrected chi connectivity index (χ3v) is 8.62. The van der Waals surface area contributed by atoms with Crippen LogP contribution in [0.4, 0.5) is 13.2 Å². The molecule has 0 aromatic heterocycles. The summed E-state index contributed by atoms with van der Waals surface area (Å²) in [5, 5.41) is 9.04. The monoisotopic (exact) mass is 559 g/mol. The molecule has 0 heterocycles. The topological polar surface area (TPSA) is 59.3 Å². The number of hydrogen-bond acceptors (Lipinski definition) is 4. The molecule has 7 heteroatoms. The van der Waals surface area contributed by atoms with Crippen molar-refractivity contribution in [3.05, 3.63) is 12.7 Å². The summed E-state index contributed by atoms with van der Waals surface area (Å²) in [6.45, 7) is 4.52. The molecule has 220 valence electrons. The van der Waals surface area contributed by atoms with Gasteiger partial charge in [-0.2, -0.15) is 18.4 Å². The predicted molar refractivity (Wildman–Crippen MR) is 148 cm³/mol. The van der Waals surface area contributed by atoms with Crippen molar-refractivity contribution in [2.75, 3.05) is 13.2 Å². The Kier molecular flexibility index (Phi) is 13.4. The standard InChI is InChI=1S/C33H44F3NO3/c1-2-32(38)40-22-6-4-3-5-21-39-30-19-15-26(16-20-30)7-10-27-14-18-29(31(23-27)33(34,35)36)17-13-25-8-11-28(24-37)12-9-25/h2,25-31H,1,3-6,8-9,11-12,14-16,18-23H2. The van der Waals surface area contributed by atoms with Gasteiger partial charge in [0.2, 0.25) is 0 Å². The molecule has 0 radical (unpaired) electrons. The highest BCUT2D eigenvalue weighted by molar-refractivity contribution is 5.81. The molecular formula is C33H44F3NO3. The summed E-state index contributed by atoms with van der Waals surface area (Å²) in [7, 11) is 0. The molecule has 0 saturated heterocycles. The van der Waals surface area contributed by atoms with E-state index in [9.17, 15) is 18.0 Å². The molecule has 0 aliphatic heterocycles. The van der Waals surface area contributed by atoms with Crippen LogP contribution in [-0.2, 0) is 14.3 Å². The lowest BCUT2D eigenvalue weighted by Crippen LogP contribution is -2.35. The number of halogens is 3. The van der Waals surface area contributed by atoms with Crippen molar-refractivity contribution in [3.63, 3.8) is 0 Å². The summed E-state index contributed by atoms with van der Waals surface area (Å²) in [6.07, 6.45) is 9.15. The molecule has 0 aromatic rings. The van der Waals surface area contributed by atoms with E-state index in [4.69, 9.17) is 14.7 Å². The Morgan fingerprint density at radius 1 is 0.775 bits per heavy atom. The van der Waals surface area contributed by atoms with Gasteiger partial charge in [-0.05, 0) is 89.9 Å². The minimum Gasteiger partial charge on any atom is -0.463 e. The highest BCUT2D eigenvalue weighted by Crippen LogP contribution is 2.43. The Hall–Kier alpha value is -2.43. The van der Waals surface area contributed by atoms with Gasteiger partial charge in [-0.25, -0.2) is 4.79 Å². The van der Waals surface area contributed by atoms with Crippen LogP contribution in [0.2, 0.25) is 0 Å². The number of alkyl halides is 3. The van der Waals surface area contributed by atoms with E-state index in [1.54, 1.807) is 0 Å². The van der Waals surface area contributed by atoms with Crippen molar-refractivity contribution in [1.82, 2.24) is 0 Å². The average Bonchev–Trinajstić information content (AvgIpc) is 2.96. The van der Waals surface area contributed by atoms with Gasteiger partial charge in [-0.15, -0.1) is 0 Å². The Morgan fingerprint density at radius 2 is 1.32 bits per heavy atom. The van der Waals surface area contributed by atoms with Crippen molar-refractivity contribution in [2.45, 2.75) is 109 Å². The van der Waals surface area contributed by atoms with E-state index < -0.39 is 18.0 Å². The maximum absolute atomic E-state index is 13.9. The van der Waals surface area contributed by atoms with Gasteiger partial charge in [0.15, 0.2) is 0 Å². The van der Waals surface area contributed by atoms with Crippen molar-refractivity contribution in [2.24, 2.45) is 35.5 Å². The van der Waals surface area contributed by atoms with Crippen LogP contribution in [0.3, 0.4) is 0 Å². The number of esters is 1. The summed E-state index contributed by atoms with van der Waals surface area (Å²) in [4.78, 5) is 11.0. The molecule has 0 bridgehead atoms. The molecule has 4 nitrogen and oxygen atoms in total. The third-order valence-electron chi connectivity index (χ3n) is 8.62. The number of carbonyl (C=O) groups excluding carboxylic acids is 1. The van der Waals surface area contributed by atoms with Crippen LogP contribution in [0, 0.1) is 70.5 Å². The second-order valence-electron chi connectivity index (χ2n) is 11.6. The van der Waals surface area contributed by atoms with E-state index in [1.165, 1.54) is 6.08 Å². The summed E-state index contributed by atoms with van der Waals surface area (Å²) < 4.78 is 52.8. The number of nitrogens with zero attached hydrogens (tertiary/aromatic N) is 1. The maximum atomic E-state index is 13.9. The number of carbonyl (C=O) groups is 1. The average molecular weight is 560 g/mol. The number of ether oxygens (including phenoxy) is 2. The molecule has 40 heavy (non-hydrogen) atoms. The van der Waals surface area contributed by atoms with Gasteiger partial charge in [0.05, 0.1) is 24.7 Å². The van der Waals surface area contributed by atoms with Gasteiger partial charge >= 0.3 is 12.1 Å². The first-order valence-electron chi connectivity index (χ1n) is 15.2. The van der Waals surface area contributed by atoms with Gasteiger partial charge in [0, 0.05) is 42.3 Å². The molecule has 3 aliphatic carbocycles. The van der Waals surface area contributed by atoms with Gasteiger partial charge in [-0.1, -0.05) is 36.7 Å². The lowest BCUT2D eigenvalue weighted by Gasteiger charge is -2.33. The SMILES string of the molecule is C=CC(=O)OCCCCCCOC1CCC(C#CC2CCC(C#CC3CCC(C#N)CC3)C(C(F)(F)F)C2)CC1. The molecule has 3 atom stereocenters. The molecular weight excluding hydrogens is 515 g/mol. The van der Waals surface area contributed by atoms with Crippen molar-refractivity contribution < 1.29 is 27.4 Å². The highest BCUT2D eigenvalue weighted by Gasteiger charge is 2.47. The van der Waals surface area contributed by atoms with Crippen LogP contribution >= 0.6 is 0 Å². The fraction of sp³-hybridized carbons (Fsp3) is 0.758. The van der Waals surface area contributed by atoms with Crippen LogP contribution in [-0.4, -0.2) is 31.5 Å². The zero-order chi connectivity index (χ0) is 28.8. The lowest BCUT2D eigenvalue weighted by molar-refractivity contribution is -0.192. The number of hydrogen-bond donors (Lipinski definition) is 0. The van der Waals surface area contributed by atoms with Gasteiger partial charge in [0.25, 0.3) is 0 Å². The van der Waals surface area contributed by atoms with Gasteiger partial charge < -0.3 is 9.47 Å². The van der Waals surface area contributed by atoms with Crippen molar-refractivity contribution in [1.29, 1.82) is 5.26 Å². The molecule has 0 amide bonds. The second-order valence-corrected chi connectivity index (χ2v) is 11.6. The first-order valence-corrected chi connectivity index (χ1v) is 15.2. The van der Waals surface area contributed by atoms with E-state index in [-0.39, 0.29) is 42.2 Å². The molecule has 0 spiro atoms. The summed E-state index contributed by atoms with van der Waals surface area (Å²) in [6, 6.07) is 2.29. The lowest BCUT2D eigenvalue weighted by atomic mass is 9.73. The predicted octanol–water partition coefficient (Wildman–Crippen LogP) is 7.78. The zero-order valence-corrected chi connectivity index (χ0v) is 23.7. The quantitative estimate of drug-likeness (QED) is 0.125. The van der Waals surface area contributed by atoms with E-state index >= 15 is 0 Å². The second kappa shape index (κ2) is 16.7. The molecule has 3 aliphatic rings. The minimum atomic E-state index is -4.26. The van der Waals surface area contributed by atoms with Crippen molar-refractivity contribution >= 4 is 5.97 Å². The van der Waals surface area contributed by atoms with E-state index in [2.05, 4.69) is 36.3 Å². The van der Waals surface area contributed by atoms with Gasteiger partial charge in [-0.3, -0.25) is 0 Å². The molecule has 3 fully saturated rings. The number of nitriles is 1.